The smallest absolute Gasteiger partial charge is 0.224 e. The van der Waals surface area contributed by atoms with Gasteiger partial charge in [0.05, 0.1) is 97.5 Å². The monoisotopic (exact) mass is 1180 g/mol. The zero-order chi connectivity index (χ0) is 51.6. The summed E-state index contributed by atoms with van der Waals surface area (Å²) in [5.41, 5.74) is 3.07. The minimum absolute atomic E-state index is 0.0198. The summed E-state index contributed by atoms with van der Waals surface area (Å²) in [7, 11) is 14.2. The lowest BCUT2D eigenvalue weighted by Gasteiger charge is -2.46. The molecule has 3 fully saturated rings. The number of hydrogen-bond acceptors (Lipinski definition) is 22. The van der Waals surface area contributed by atoms with Crippen molar-refractivity contribution < 1.29 is 72.4 Å². The summed E-state index contributed by atoms with van der Waals surface area (Å²) >= 11 is 3.03. The summed E-state index contributed by atoms with van der Waals surface area (Å²) in [4.78, 5) is 33.8. The van der Waals surface area contributed by atoms with E-state index in [1.54, 1.807) is 72.4 Å². The van der Waals surface area contributed by atoms with Crippen LogP contribution in [0.15, 0.2) is 35.1 Å². The zero-order valence-electron chi connectivity index (χ0n) is 41.2. The average Bonchev–Trinajstić information content (AvgIpc) is 3.34. The van der Waals surface area contributed by atoms with Gasteiger partial charge in [-0.2, -0.15) is 5.48 Å². The Morgan fingerprint density at radius 2 is 1.75 bits per heavy atom. The van der Waals surface area contributed by atoms with E-state index in [1.807, 2.05) is 19.4 Å². The molecule has 23 heteroatoms. The third-order valence-electron chi connectivity index (χ3n) is 12.7. The summed E-state index contributed by atoms with van der Waals surface area (Å²) in [5, 5.41) is 41.0. The van der Waals surface area contributed by atoms with Gasteiger partial charge in [-0.25, -0.2) is 0 Å². The van der Waals surface area contributed by atoms with Crippen LogP contribution in [0.2, 0.25) is 0 Å². The van der Waals surface area contributed by atoms with Crippen molar-refractivity contribution in [2.45, 2.75) is 124 Å². The molecule has 6 N–H and O–H groups in total. The maximum absolute atomic E-state index is 14.0. The Morgan fingerprint density at radius 3 is 2.41 bits per heavy atom. The molecule has 3 saturated heterocycles. The van der Waals surface area contributed by atoms with E-state index in [9.17, 15) is 24.9 Å². The molecule has 0 unspecified atom stereocenters. The molecule has 0 aromatic heterocycles. The molecule has 0 radical (unpaired) electrons. The summed E-state index contributed by atoms with van der Waals surface area (Å²) in [6, 6.07) is -1.01. The number of methoxy groups -OCH3 is 4. The quantitative estimate of drug-likeness (QED) is 0.0359. The number of allylic oxidation sites excluding steroid dienone is 3. The highest BCUT2D eigenvalue weighted by molar-refractivity contribution is 14.1. The number of thioether (sulfide) groups is 1. The maximum Gasteiger partial charge on any atom is 0.224 e. The van der Waals surface area contributed by atoms with E-state index in [0.717, 1.165) is 11.8 Å². The van der Waals surface area contributed by atoms with Crippen molar-refractivity contribution in [1.82, 2.24) is 16.1 Å². The van der Waals surface area contributed by atoms with Crippen molar-refractivity contribution >= 4 is 76.7 Å². The summed E-state index contributed by atoms with van der Waals surface area (Å²) in [5.74, 6) is 12.9. The molecule has 3 heterocycles. The van der Waals surface area contributed by atoms with E-state index < -0.39 is 72.2 Å². The Morgan fingerprint density at radius 1 is 1.01 bits per heavy atom. The van der Waals surface area contributed by atoms with Crippen LogP contribution in [-0.2, 0) is 38.1 Å². The molecule has 18 nitrogen and oxygen atoms in total. The zero-order valence-corrected chi connectivity index (χ0v) is 46.7. The number of nitrogens with one attached hydrogen (secondary N) is 3. The van der Waals surface area contributed by atoms with E-state index in [1.165, 1.54) is 27.4 Å². The van der Waals surface area contributed by atoms with Crippen molar-refractivity contribution in [3.8, 4) is 40.9 Å². The van der Waals surface area contributed by atoms with Crippen LogP contribution in [0.4, 0.5) is 0 Å². The lowest BCUT2D eigenvalue weighted by molar-refractivity contribution is -0.298. The fourth-order valence-corrected chi connectivity index (χ4v) is 13.4. The van der Waals surface area contributed by atoms with Gasteiger partial charge in [-0.3, -0.25) is 14.4 Å². The molecule has 14 atom stereocenters. The summed E-state index contributed by atoms with van der Waals surface area (Å²) in [6.07, 6.45) is -2.01. The van der Waals surface area contributed by atoms with Crippen LogP contribution in [0.1, 0.15) is 49.0 Å². The predicted molar refractivity (Wildman–Crippen MR) is 282 cm³/mol. The van der Waals surface area contributed by atoms with Gasteiger partial charge in [-0.15, -0.1) is 0 Å². The first-order chi connectivity index (χ1) is 34.1. The molecule has 6 rings (SSSR count). The van der Waals surface area contributed by atoms with Gasteiger partial charge in [-0.1, -0.05) is 63.1 Å². The number of likely N-dealkylation sites (N-methyl/N-ethyl adjacent to an activating group) is 2. The lowest BCUT2D eigenvalue weighted by atomic mass is 9.75. The molecule has 2 bridgehead atoms. The number of Topliss-reactive ketones (excluding diaryl/α,β-unsaturated/α-hetero) is 1. The van der Waals surface area contributed by atoms with Crippen molar-refractivity contribution in [3.63, 3.8) is 0 Å². The molecule has 0 amide bonds. The highest BCUT2D eigenvalue weighted by Crippen LogP contribution is 2.48. The largest absolute Gasteiger partial charge is 0.492 e. The van der Waals surface area contributed by atoms with E-state index >= 15 is 0 Å². The Balaban J connectivity index is 1.21. The minimum Gasteiger partial charge on any atom is -0.492 e. The number of hydroxylamine groups is 1. The number of hydrogen-bond donors (Lipinski definition) is 6. The topological polar surface area (TPSA) is 223 Å². The number of halogens is 1. The molecule has 2 aliphatic carbocycles. The highest BCUT2D eigenvalue weighted by atomic mass is 127. The molecule has 5 aliphatic rings. The van der Waals surface area contributed by atoms with Crippen molar-refractivity contribution in [2.75, 3.05) is 67.8 Å². The Bertz CT molecular complexity index is 2280. The number of rotatable bonds is 20. The molecule has 0 spiro atoms. The van der Waals surface area contributed by atoms with Crippen molar-refractivity contribution in [2.24, 2.45) is 0 Å². The lowest BCUT2D eigenvalue weighted by Crippen LogP contribution is -2.65. The number of carbonyl (C=O) groups is 2. The van der Waals surface area contributed by atoms with Crippen LogP contribution >= 0.6 is 65.8 Å². The van der Waals surface area contributed by atoms with E-state index in [-0.39, 0.29) is 66.3 Å². The Labute approximate surface area is 445 Å². The minimum atomic E-state index is -1.81. The van der Waals surface area contributed by atoms with Gasteiger partial charge in [0, 0.05) is 43.9 Å². The second-order valence-electron chi connectivity index (χ2n) is 17.0. The molecule has 1 aromatic carbocycles. The first kappa shape index (κ1) is 58.0. The third-order valence-corrected chi connectivity index (χ3v) is 19.1. The van der Waals surface area contributed by atoms with Crippen LogP contribution in [-0.4, -0.2) is 178 Å². The van der Waals surface area contributed by atoms with Crippen LogP contribution in [0.3, 0.4) is 0 Å². The number of carbonyl (C=O) groups excluding carboxylic acids is 2. The average molecular weight is 1180 g/mol. The molecule has 1 aromatic rings. The van der Waals surface area contributed by atoms with Crippen molar-refractivity contribution in [3.05, 3.63) is 49.8 Å². The van der Waals surface area contributed by atoms with Gasteiger partial charge in [0.15, 0.2) is 35.5 Å². The van der Waals surface area contributed by atoms with Gasteiger partial charge in [-0.05, 0) is 84.2 Å². The van der Waals surface area contributed by atoms with Gasteiger partial charge in [0.2, 0.25) is 10.9 Å². The van der Waals surface area contributed by atoms with Crippen LogP contribution in [0.5, 0.6) is 17.2 Å². The van der Waals surface area contributed by atoms with Gasteiger partial charge in [0.25, 0.3) is 0 Å². The third kappa shape index (κ3) is 13.4. The normalized spacial score (nSPS) is 33.9. The molecule has 392 valence electrons. The van der Waals surface area contributed by atoms with E-state index in [0.29, 0.717) is 43.8 Å². The summed E-state index contributed by atoms with van der Waals surface area (Å²) in [6.45, 7) is 5.37. The number of aliphatic hydroxyl groups excluding tert-OH is 2. The highest BCUT2D eigenvalue weighted by Gasteiger charge is 2.49. The number of aliphatic hydroxyl groups is 3. The Hall–Kier alpha value is -2.25. The number of ether oxygens (including phenoxy) is 9. The Kier molecular flexibility index (Phi) is 22.1. The van der Waals surface area contributed by atoms with Gasteiger partial charge >= 0.3 is 0 Å². The first-order valence-corrected chi connectivity index (χ1v) is 28.9. The second kappa shape index (κ2) is 27.0. The molecular weight excluding hydrogens is 1110 g/mol. The molecule has 71 heavy (non-hydrogen) atoms. The van der Waals surface area contributed by atoms with Crippen LogP contribution in [0.25, 0.3) is 0 Å². The standard InChI is InChI=1S/C48H64IN3O15S4/c1-24-36(43(59-7)45(61-9)44(60-8)38(24)49)47(56)70-46-26(3)65-35(19-29(46)53)67-52-39-25(2)64-33(42(41(39)55)66-34-20-32(58-6)28(50-4)22-63-34)23-62-31-15-13-11-12-14-17-48(57)21-30(54)40(51-5)37(31)27(48)16-18-69-71-68-10/h11-12,16,25-26,28-29,31-35,39,41-42,46,50-53,55,57H,18-23H2,1-10H3/b12-11-,27-16+/t25-,26+,28+,29-,31-,32+,33-,34+,35-,39-,41-,42-,46+,48-/m0/s1. The van der Waals surface area contributed by atoms with Crippen LogP contribution < -0.4 is 30.3 Å². The summed E-state index contributed by atoms with van der Waals surface area (Å²) < 4.78 is 55.5. The SMILES string of the molecule is CNC1=C2/C(=C\CSSSC)[C@](O)(C#C/C=C\C#C[C@@H]2OC[C@@H]2O[C@@H](C)[C@H](NO[C@H]3C[C@H](O)[C@H](SC(=O)c4c(C)c(I)c(OC)c(OC)c4OC)[C@@H](C)O3)[C@H](O)[C@H]2O[C@@H]2C[C@@H](OC)[C@H](NC)CO2)CC1=O. The molecule has 3 aliphatic heterocycles. The number of benzene rings is 1. The molecular formula is C48H64IN3O15S4. The fourth-order valence-electron chi connectivity index (χ4n) is 9.14. The second-order valence-corrected chi connectivity index (χ2v) is 23.6. The first-order valence-electron chi connectivity index (χ1n) is 22.8. The van der Waals surface area contributed by atoms with Gasteiger partial charge in [0.1, 0.15) is 24.4 Å². The molecule has 0 saturated carbocycles. The van der Waals surface area contributed by atoms with Crippen molar-refractivity contribution in [1.29, 1.82) is 0 Å². The van der Waals surface area contributed by atoms with Crippen LogP contribution in [0, 0.1) is 34.2 Å². The predicted octanol–water partition coefficient (Wildman–Crippen LogP) is 3.86. The van der Waals surface area contributed by atoms with E-state index in [4.69, 9.17) is 47.5 Å². The number of fused-ring (bicyclic) bond motifs is 2. The van der Waals surface area contributed by atoms with E-state index in [2.05, 4.69) is 62.4 Å². The number of ketones is 1. The van der Waals surface area contributed by atoms with Gasteiger partial charge < -0.3 is 68.6 Å². The maximum atomic E-state index is 14.0. The fraction of sp³-hybridized carbons (Fsp3) is 0.625.